The second kappa shape index (κ2) is 4.88. The lowest BCUT2D eigenvalue weighted by atomic mass is 9.83. The fourth-order valence-corrected chi connectivity index (χ4v) is 2.57. The number of hydrogen-bond acceptors (Lipinski definition) is 4. The van der Waals surface area contributed by atoms with Crippen molar-refractivity contribution in [1.29, 1.82) is 5.26 Å². The Bertz CT molecular complexity index is 770. The molecule has 4 heteroatoms. The number of nitrogens with zero attached hydrogens (tertiary/aromatic N) is 1. The van der Waals surface area contributed by atoms with Gasteiger partial charge in [-0.15, -0.1) is 0 Å². The van der Waals surface area contributed by atoms with Crippen LogP contribution in [0.1, 0.15) is 22.6 Å². The van der Waals surface area contributed by atoms with Crippen LogP contribution < -0.4 is 16.2 Å². The number of rotatable bonds is 1. The fraction of sp³-hybridized carbons (Fsp3) is 0.118. The van der Waals surface area contributed by atoms with E-state index >= 15 is 0 Å². The van der Waals surface area contributed by atoms with Gasteiger partial charge < -0.3 is 16.2 Å². The standard InChI is InChI=1S/C17H15N3O/c1-10-2-4-11(5-3-10)16-13-7-6-12(19)8-15(13)21-17(20)14(16)9-18/h2-8,16H,19-20H2,1H3/t16-/m0/s1. The number of allylic oxidation sites excluding steroid dienone is 1. The topological polar surface area (TPSA) is 85.1 Å². The summed E-state index contributed by atoms with van der Waals surface area (Å²) in [5.41, 5.74) is 15.8. The van der Waals surface area contributed by atoms with Crippen molar-refractivity contribution in [3.63, 3.8) is 0 Å². The van der Waals surface area contributed by atoms with Crippen molar-refractivity contribution in [3.05, 3.63) is 70.6 Å². The molecule has 0 aromatic heterocycles. The molecule has 104 valence electrons. The molecule has 0 spiro atoms. The lowest BCUT2D eigenvalue weighted by Crippen LogP contribution is -2.21. The Kier molecular flexibility index (Phi) is 3.03. The van der Waals surface area contributed by atoms with Gasteiger partial charge in [-0.25, -0.2) is 0 Å². The minimum absolute atomic E-state index is 0.140. The summed E-state index contributed by atoms with van der Waals surface area (Å²) in [5, 5.41) is 9.44. The van der Waals surface area contributed by atoms with Crippen LogP contribution in [0.5, 0.6) is 5.75 Å². The van der Waals surface area contributed by atoms with Crippen molar-refractivity contribution < 1.29 is 4.74 Å². The second-order valence-corrected chi connectivity index (χ2v) is 5.13. The number of ether oxygens (including phenoxy) is 1. The van der Waals surface area contributed by atoms with Crippen LogP contribution in [0.4, 0.5) is 5.69 Å². The number of hydrogen-bond donors (Lipinski definition) is 2. The minimum Gasteiger partial charge on any atom is -0.440 e. The van der Waals surface area contributed by atoms with Gasteiger partial charge in [0, 0.05) is 17.3 Å². The molecular weight excluding hydrogens is 262 g/mol. The number of anilines is 1. The zero-order valence-electron chi connectivity index (χ0n) is 11.6. The molecule has 4 N–H and O–H groups in total. The van der Waals surface area contributed by atoms with Crippen molar-refractivity contribution in [1.82, 2.24) is 0 Å². The predicted molar refractivity (Wildman–Crippen MR) is 81.3 cm³/mol. The van der Waals surface area contributed by atoms with Gasteiger partial charge in [0.25, 0.3) is 0 Å². The van der Waals surface area contributed by atoms with E-state index < -0.39 is 0 Å². The molecule has 4 nitrogen and oxygen atoms in total. The molecule has 0 radical (unpaired) electrons. The Balaban J connectivity index is 2.21. The summed E-state index contributed by atoms with van der Waals surface area (Å²) in [5.74, 6) is 0.526. The van der Waals surface area contributed by atoms with E-state index in [0.29, 0.717) is 17.0 Å². The first-order chi connectivity index (χ1) is 10.1. The Morgan fingerprint density at radius 2 is 1.81 bits per heavy atom. The molecular formula is C17H15N3O. The third kappa shape index (κ3) is 2.19. The molecule has 1 heterocycles. The van der Waals surface area contributed by atoms with E-state index in [9.17, 15) is 5.26 Å². The monoisotopic (exact) mass is 277 g/mol. The van der Waals surface area contributed by atoms with Gasteiger partial charge in [-0.1, -0.05) is 35.9 Å². The van der Waals surface area contributed by atoms with Crippen molar-refractivity contribution >= 4 is 5.69 Å². The molecule has 21 heavy (non-hydrogen) atoms. The minimum atomic E-state index is -0.222. The Morgan fingerprint density at radius 1 is 1.10 bits per heavy atom. The summed E-state index contributed by atoms with van der Waals surface area (Å²) >= 11 is 0. The van der Waals surface area contributed by atoms with Gasteiger partial charge in [0.15, 0.2) is 0 Å². The molecule has 1 aliphatic rings. The molecule has 1 aliphatic heterocycles. The van der Waals surface area contributed by atoms with Crippen LogP contribution in [0.2, 0.25) is 0 Å². The van der Waals surface area contributed by atoms with E-state index in [1.54, 1.807) is 12.1 Å². The smallest absolute Gasteiger partial charge is 0.205 e. The molecule has 0 amide bonds. The normalized spacial score (nSPS) is 16.9. The first-order valence-electron chi connectivity index (χ1n) is 6.63. The quantitative estimate of drug-likeness (QED) is 0.785. The Morgan fingerprint density at radius 3 is 2.48 bits per heavy atom. The van der Waals surface area contributed by atoms with E-state index in [2.05, 4.69) is 6.07 Å². The summed E-state index contributed by atoms with van der Waals surface area (Å²) in [7, 11) is 0. The van der Waals surface area contributed by atoms with Gasteiger partial charge in [0.05, 0.1) is 5.92 Å². The fourth-order valence-electron chi connectivity index (χ4n) is 2.57. The first-order valence-corrected chi connectivity index (χ1v) is 6.63. The zero-order chi connectivity index (χ0) is 15.0. The summed E-state index contributed by atoms with van der Waals surface area (Å²) in [6.45, 7) is 2.03. The zero-order valence-corrected chi connectivity index (χ0v) is 11.6. The van der Waals surface area contributed by atoms with E-state index in [1.807, 2.05) is 37.3 Å². The maximum Gasteiger partial charge on any atom is 0.205 e. The van der Waals surface area contributed by atoms with Crippen molar-refractivity contribution in [3.8, 4) is 11.8 Å². The number of aryl methyl sites for hydroxylation is 1. The average Bonchev–Trinajstić information content (AvgIpc) is 2.46. The predicted octanol–water partition coefficient (Wildman–Crippen LogP) is 2.80. The van der Waals surface area contributed by atoms with Crippen LogP contribution in [0.25, 0.3) is 0 Å². The maximum absolute atomic E-state index is 9.44. The molecule has 0 bridgehead atoms. The number of fused-ring (bicyclic) bond motifs is 1. The Hall–Kier alpha value is -2.93. The Labute approximate surface area is 123 Å². The first kappa shape index (κ1) is 13.1. The number of nitriles is 1. The summed E-state index contributed by atoms with van der Waals surface area (Å²) in [4.78, 5) is 0. The lowest BCUT2D eigenvalue weighted by Gasteiger charge is -2.26. The molecule has 0 saturated carbocycles. The maximum atomic E-state index is 9.44. The second-order valence-electron chi connectivity index (χ2n) is 5.13. The molecule has 0 aliphatic carbocycles. The average molecular weight is 277 g/mol. The highest BCUT2D eigenvalue weighted by Crippen LogP contribution is 2.42. The number of nitrogens with two attached hydrogens (primary N) is 2. The summed E-state index contributed by atoms with van der Waals surface area (Å²) < 4.78 is 5.55. The van der Waals surface area contributed by atoms with Crippen LogP contribution in [0.15, 0.2) is 53.9 Å². The van der Waals surface area contributed by atoms with Crippen LogP contribution in [0.3, 0.4) is 0 Å². The molecule has 1 atom stereocenters. The largest absolute Gasteiger partial charge is 0.440 e. The molecule has 3 rings (SSSR count). The van der Waals surface area contributed by atoms with Crippen molar-refractivity contribution in [2.24, 2.45) is 5.73 Å². The van der Waals surface area contributed by atoms with Crippen molar-refractivity contribution in [2.45, 2.75) is 12.8 Å². The summed E-state index contributed by atoms with van der Waals surface area (Å²) in [6, 6.07) is 15.7. The highest BCUT2D eigenvalue weighted by molar-refractivity contribution is 5.59. The van der Waals surface area contributed by atoms with Gasteiger partial charge in [-0.3, -0.25) is 0 Å². The number of benzene rings is 2. The molecule has 0 fully saturated rings. The van der Waals surface area contributed by atoms with Crippen LogP contribution >= 0.6 is 0 Å². The SMILES string of the molecule is Cc1ccc([C@@H]2C(C#N)=C(N)Oc3cc(N)ccc32)cc1. The number of nitrogen functional groups attached to an aromatic ring is 1. The van der Waals surface area contributed by atoms with E-state index in [-0.39, 0.29) is 11.8 Å². The van der Waals surface area contributed by atoms with Gasteiger partial charge in [0.2, 0.25) is 5.88 Å². The van der Waals surface area contributed by atoms with Gasteiger partial charge in [-0.2, -0.15) is 5.26 Å². The molecule has 2 aromatic carbocycles. The van der Waals surface area contributed by atoms with E-state index in [1.165, 1.54) is 5.56 Å². The molecule has 2 aromatic rings. The molecule has 0 saturated heterocycles. The van der Waals surface area contributed by atoms with Crippen molar-refractivity contribution in [2.75, 3.05) is 5.73 Å². The van der Waals surface area contributed by atoms with Gasteiger partial charge >= 0.3 is 0 Å². The third-order valence-corrected chi connectivity index (χ3v) is 3.65. The van der Waals surface area contributed by atoms with Gasteiger partial charge in [-0.05, 0) is 18.6 Å². The summed E-state index contributed by atoms with van der Waals surface area (Å²) in [6.07, 6.45) is 0. The lowest BCUT2D eigenvalue weighted by molar-refractivity contribution is 0.394. The highest BCUT2D eigenvalue weighted by atomic mass is 16.5. The third-order valence-electron chi connectivity index (χ3n) is 3.65. The van der Waals surface area contributed by atoms with Crippen LogP contribution in [0, 0.1) is 18.3 Å². The van der Waals surface area contributed by atoms with E-state index in [0.717, 1.165) is 11.1 Å². The van der Waals surface area contributed by atoms with Crippen LogP contribution in [-0.4, -0.2) is 0 Å². The highest BCUT2D eigenvalue weighted by Gasteiger charge is 2.30. The van der Waals surface area contributed by atoms with Crippen LogP contribution in [-0.2, 0) is 0 Å². The van der Waals surface area contributed by atoms with E-state index in [4.69, 9.17) is 16.2 Å². The van der Waals surface area contributed by atoms with Gasteiger partial charge in [0.1, 0.15) is 17.4 Å². The molecule has 0 unspecified atom stereocenters.